The van der Waals surface area contributed by atoms with Gasteiger partial charge in [-0.1, -0.05) is 25.0 Å². The Morgan fingerprint density at radius 3 is 2.72 bits per heavy atom. The molecule has 6 nitrogen and oxygen atoms in total. The normalized spacial score (nSPS) is 16.9. The van der Waals surface area contributed by atoms with E-state index in [1.165, 1.54) is 6.07 Å². The third kappa shape index (κ3) is 3.39. The topological polar surface area (TPSA) is 85.4 Å². The quantitative estimate of drug-likeness (QED) is 0.827. The second-order valence-electron chi connectivity index (χ2n) is 6.46. The number of esters is 1. The van der Waals surface area contributed by atoms with Crippen LogP contribution < -0.4 is 4.72 Å². The van der Waals surface area contributed by atoms with E-state index in [1.807, 2.05) is 19.1 Å². The van der Waals surface area contributed by atoms with Gasteiger partial charge in [0.2, 0.25) is 10.0 Å². The molecular formula is C18H22N2O4S. The number of aryl methyl sites for hydroxylation is 1. The van der Waals surface area contributed by atoms with Gasteiger partial charge in [0.25, 0.3) is 0 Å². The number of para-hydroxylation sites is 1. The number of carbonyl (C=O) groups excluding carboxylic acids is 1. The lowest BCUT2D eigenvalue weighted by molar-refractivity contribution is -0.150. The Balaban J connectivity index is 2.03. The Hall–Kier alpha value is -1.99. The fraction of sp³-hybridized carbons (Fsp3) is 0.444. The zero-order valence-electron chi connectivity index (χ0n) is 14.4. The molecule has 0 bridgehead atoms. The van der Waals surface area contributed by atoms with Crippen LogP contribution in [0.4, 0.5) is 0 Å². The van der Waals surface area contributed by atoms with E-state index in [4.69, 9.17) is 4.74 Å². The minimum atomic E-state index is -3.92. The summed E-state index contributed by atoms with van der Waals surface area (Å²) in [5.74, 6) is -0.500. The summed E-state index contributed by atoms with van der Waals surface area (Å²) in [6.45, 7) is 3.84. The molecule has 0 aliphatic heterocycles. The Morgan fingerprint density at radius 2 is 2.04 bits per heavy atom. The maximum atomic E-state index is 13.0. The van der Waals surface area contributed by atoms with Crippen molar-refractivity contribution in [1.82, 2.24) is 9.71 Å². The highest BCUT2D eigenvalue weighted by Crippen LogP contribution is 2.33. The molecule has 1 aromatic heterocycles. The number of hydrogen-bond donors (Lipinski definition) is 1. The van der Waals surface area contributed by atoms with E-state index in [0.29, 0.717) is 18.4 Å². The van der Waals surface area contributed by atoms with Crippen molar-refractivity contribution in [3.8, 4) is 0 Å². The molecule has 0 atom stereocenters. The van der Waals surface area contributed by atoms with Crippen molar-refractivity contribution >= 4 is 26.9 Å². The summed E-state index contributed by atoms with van der Waals surface area (Å²) in [6.07, 6.45) is 4.10. The van der Waals surface area contributed by atoms with E-state index in [2.05, 4.69) is 9.71 Å². The van der Waals surface area contributed by atoms with Gasteiger partial charge in [0, 0.05) is 11.6 Å². The molecule has 1 N–H and O–H groups in total. The summed E-state index contributed by atoms with van der Waals surface area (Å²) in [7, 11) is -3.92. The average molecular weight is 362 g/mol. The number of benzene rings is 1. The van der Waals surface area contributed by atoms with Crippen LogP contribution in [0.2, 0.25) is 0 Å². The molecule has 1 aromatic carbocycles. The van der Waals surface area contributed by atoms with Gasteiger partial charge < -0.3 is 4.74 Å². The largest absolute Gasteiger partial charge is 0.465 e. The second kappa shape index (κ2) is 6.72. The minimum absolute atomic E-state index is 0.0839. The molecule has 134 valence electrons. The molecule has 0 amide bonds. The number of sulfonamides is 1. The first-order chi connectivity index (χ1) is 11.9. The summed E-state index contributed by atoms with van der Waals surface area (Å²) >= 11 is 0. The third-order valence-corrected chi connectivity index (χ3v) is 6.12. The summed E-state index contributed by atoms with van der Waals surface area (Å²) in [6, 6.07) is 6.91. The summed E-state index contributed by atoms with van der Waals surface area (Å²) in [5, 5.41) is 0.750. The lowest BCUT2D eigenvalue weighted by Crippen LogP contribution is -2.53. The molecule has 1 fully saturated rings. The molecule has 0 unspecified atom stereocenters. The molecule has 0 spiro atoms. The van der Waals surface area contributed by atoms with Crippen molar-refractivity contribution in [3.63, 3.8) is 0 Å². The smallest absolute Gasteiger partial charge is 0.327 e. The number of fused-ring (bicyclic) bond motifs is 1. The van der Waals surface area contributed by atoms with Crippen LogP contribution in [0.3, 0.4) is 0 Å². The maximum absolute atomic E-state index is 13.0. The first-order valence-corrected chi connectivity index (χ1v) is 9.93. The van der Waals surface area contributed by atoms with Crippen molar-refractivity contribution in [2.24, 2.45) is 0 Å². The average Bonchev–Trinajstić information content (AvgIpc) is 3.03. The molecule has 1 aliphatic carbocycles. The first-order valence-electron chi connectivity index (χ1n) is 8.44. The van der Waals surface area contributed by atoms with Gasteiger partial charge in [-0.05, 0) is 44.4 Å². The number of nitrogens with zero attached hydrogens (tertiary/aromatic N) is 1. The van der Waals surface area contributed by atoms with Crippen molar-refractivity contribution in [1.29, 1.82) is 0 Å². The molecule has 1 heterocycles. The van der Waals surface area contributed by atoms with Crippen LogP contribution in [0.5, 0.6) is 0 Å². The van der Waals surface area contributed by atoms with E-state index in [-0.39, 0.29) is 11.5 Å². The van der Waals surface area contributed by atoms with Crippen molar-refractivity contribution in [2.45, 2.75) is 50.0 Å². The molecule has 7 heteroatoms. The third-order valence-electron chi connectivity index (χ3n) is 4.55. The standard InChI is InChI=1S/C18H22N2O4S/c1-3-24-17(21)18(9-4-5-10-18)20-25(22,23)15-8-6-7-14-11-13(2)12-19-16(14)15/h6-8,11-12,20H,3-5,9-10H2,1-2H3. The molecule has 0 radical (unpaired) electrons. The van der Waals surface area contributed by atoms with Crippen LogP contribution >= 0.6 is 0 Å². The van der Waals surface area contributed by atoms with Crippen LogP contribution in [-0.4, -0.2) is 31.5 Å². The number of pyridine rings is 1. The zero-order chi connectivity index (χ0) is 18.1. The lowest BCUT2D eigenvalue weighted by atomic mass is 10.00. The van der Waals surface area contributed by atoms with E-state index in [9.17, 15) is 13.2 Å². The lowest BCUT2D eigenvalue weighted by Gasteiger charge is -2.27. The van der Waals surface area contributed by atoms with Crippen LogP contribution in [0.15, 0.2) is 35.4 Å². The molecule has 3 rings (SSSR count). The highest BCUT2D eigenvalue weighted by Gasteiger charge is 2.46. The maximum Gasteiger partial charge on any atom is 0.327 e. The molecule has 1 aliphatic rings. The number of carbonyl (C=O) groups is 1. The molecule has 25 heavy (non-hydrogen) atoms. The van der Waals surface area contributed by atoms with E-state index in [0.717, 1.165) is 23.8 Å². The molecule has 2 aromatic rings. The van der Waals surface area contributed by atoms with E-state index >= 15 is 0 Å². The van der Waals surface area contributed by atoms with Gasteiger partial charge in [-0.25, -0.2) is 8.42 Å². The fourth-order valence-corrected chi connectivity index (χ4v) is 4.96. The molecular weight excluding hydrogens is 340 g/mol. The SMILES string of the molecule is CCOC(=O)C1(NS(=O)(=O)c2cccc3cc(C)cnc23)CCCC1. The molecule has 1 saturated carbocycles. The number of hydrogen-bond acceptors (Lipinski definition) is 5. The predicted molar refractivity (Wildman–Crippen MR) is 94.6 cm³/mol. The predicted octanol–water partition coefficient (Wildman–Crippen LogP) is 2.70. The van der Waals surface area contributed by atoms with Gasteiger partial charge in [0.15, 0.2) is 0 Å². The van der Waals surface area contributed by atoms with Crippen LogP contribution in [-0.2, 0) is 19.6 Å². The van der Waals surface area contributed by atoms with Gasteiger partial charge in [-0.3, -0.25) is 9.78 Å². The van der Waals surface area contributed by atoms with Gasteiger partial charge in [-0.2, -0.15) is 4.72 Å². The van der Waals surface area contributed by atoms with Crippen molar-refractivity contribution < 1.29 is 17.9 Å². The molecule has 0 saturated heterocycles. The highest BCUT2D eigenvalue weighted by molar-refractivity contribution is 7.89. The summed E-state index contributed by atoms with van der Waals surface area (Å²) in [4.78, 5) is 16.8. The summed E-state index contributed by atoms with van der Waals surface area (Å²) in [5.41, 5.74) is 0.174. The van der Waals surface area contributed by atoms with Crippen molar-refractivity contribution in [3.05, 3.63) is 36.0 Å². The first kappa shape index (κ1) is 17.8. The van der Waals surface area contributed by atoms with E-state index in [1.54, 1.807) is 19.2 Å². The van der Waals surface area contributed by atoms with Gasteiger partial charge >= 0.3 is 5.97 Å². The fourth-order valence-electron chi connectivity index (χ4n) is 3.37. The van der Waals surface area contributed by atoms with E-state index < -0.39 is 21.5 Å². The Morgan fingerprint density at radius 1 is 1.32 bits per heavy atom. The highest BCUT2D eigenvalue weighted by atomic mass is 32.2. The number of nitrogens with one attached hydrogen (secondary N) is 1. The van der Waals surface area contributed by atoms with Gasteiger partial charge in [0.05, 0.1) is 12.1 Å². The number of ether oxygens (including phenoxy) is 1. The van der Waals surface area contributed by atoms with Crippen molar-refractivity contribution in [2.75, 3.05) is 6.61 Å². The monoisotopic (exact) mass is 362 g/mol. The second-order valence-corrected chi connectivity index (χ2v) is 8.11. The van der Waals surface area contributed by atoms with Crippen LogP contribution in [0.1, 0.15) is 38.2 Å². The van der Waals surface area contributed by atoms with Gasteiger partial charge in [0.1, 0.15) is 10.4 Å². The summed E-state index contributed by atoms with van der Waals surface area (Å²) < 4.78 is 33.9. The van der Waals surface area contributed by atoms with Crippen LogP contribution in [0, 0.1) is 6.92 Å². The Kier molecular flexibility index (Phi) is 4.79. The number of aromatic nitrogens is 1. The minimum Gasteiger partial charge on any atom is -0.465 e. The Bertz CT molecular complexity index is 902. The number of rotatable bonds is 5. The Labute approximate surface area is 147 Å². The zero-order valence-corrected chi connectivity index (χ0v) is 15.2. The van der Waals surface area contributed by atoms with Crippen LogP contribution in [0.25, 0.3) is 10.9 Å². The van der Waals surface area contributed by atoms with Gasteiger partial charge in [-0.15, -0.1) is 0 Å².